The number of hydrogen-bond donors (Lipinski definition) is 1. The van der Waals surface area contributed by atoms with Crippen molar-refractivity contribution in [3.8, 4) is 0 Å². The van der Waals surface area contributed by atoms with Crippen molar-refractivity contribution in [3.63, 3.8) is 0 Å². The van der Waals surface area contributed by atoms with E-state index < -0.39 is 0 Å². The molecule has 5 heteroatoms. The molecule has 2 saturated carbocycles. The van der Waals surface area contributed by atoms with Crippen molar-refractivity contribution in [2.45, 2.75) is 46.5 Å². The second-order valence-electron chi connectivity index (χ2n) is 9.09. The number of hydrogen-bond acceptors (Lipinski definition) is 4. The van der Waals surface area contributed by atoms with E-state index in [1.807, 2.05) is 0 Å². The molecule has 4 aliphatic carbocycles. The van der Waals surface area contributed by atoms with Gasteiger partial charge in [0.05, 0.1) is 18.9 Å². The fraction of sp³-hybridized carbons (Fsp3) is 0.789. The monoisotopic (exact) mass is 444 g/mol. The van der Waals surface area contributed by atoms with Crippen LogP contribution in [0.4, 0.5) is 0 Å². The van der Waals surface area contributed by atoms with Crippen LogP contribution in [0.2, 0.25) is 0 Å². The predicted molar refractivity (Wildman–Crippen MR) is 103 cm³/mol. The molecule has 3 atom stereocenters. The summed E-state index contributed by atoms with van der Waals surface area (Å²) in [7, 11) is 2.20. The Labute approximate surface area is 159 Å². The number of likely N-dealkylation sites (N-methyl/N-ethyl adjacent to an activating group) is 1. The van der Waals surface area contributed by atoms with Crippen LogP contribution in [0, 0.1) is 16.2 Å². The Morgan fingerprint density at radius 1 is 1.25 bits per heavy atom. The molecule has 0 saturated heterocycles. The lowest BCUT2D eigenvalue weighted by Crippen LogP contribution is -2.64. The number of aliphatic hydroxyl groups is 1. The lowest BCUT2D eigenvalue weighted by Gasteiger charge is -2.71. The van der Waals surface area contributed by atoms with Crippen molar-refractivity contribution in [2.24, 2.45) is 16.2 Å². The van der Waals surface area contributed by atoms with Gasteiger partial charge in [0.25, 0.3) is 0 Å². The van der Waals surface area contributed by atoms with Crippen LogP contribution in [0.1, 0.15) is 46.5 Å². The van der Waals surface area contributed by atoms with Crippen molar-refractivity contribution in [3.05, 3.63) is 20.6 Å². The third-order valence-corrected chi connectivity index (χ3v) is 7.81. The largest absolute Gasteiger partial charge is 0.496 e. The number of hydrazine groups is 1. The average Bonchev–Trinajstić information content (AvgIpc) is 2.68. The van der Waals surface area contributed by atoms with Gasteiger partial charge in [0.2, 0.25) is 0 Å². The molecule has 5 aliphatic rings. The number of allylic oxidation sites excluding steroid dienone is 2. The first-order chi connectivity index (χ1) is 11.2. The maximum Gasteiger partial charge on any atom is 0.111 e. The fourth-order valence-corrected chi connectivity index (χ4v) is 7.39. The van der Waals surface area contributed by atoms with Gasteiger partial charge in [-0.1, -0.05) is 13.8 Å². The van der Waals surface area contributed by atoms with E-state index in [4.69, 9.17) is 4.74 Å². The molecule has 0 aromatic rings. The van der Waals surface area contributed by atoms with Gasteiger partial charge in [-0.15, -0.1) is 0 Å². The van der Waals surface area contributed by atoms with E-state index in [-0.39, 0.29) is 12.0 Å². The second kappa shape index (κ2) is 5.36. The van der Waals surface area contributed by atoms with Crippen molar-refractivity contribution < 1.29 is 9.84 Å². The van der Waals surface area contributed by atoms with Crippen molar-refractivity contribution >= 4 is 22.6 Å². The third kappa shape index (κ3) is 2.30. The van der Waals surface area contributed by atoms with Crippen LogP contribution in [0.5, 0.6) is 0 Å². The highest BCUT2D eigenvalue weighted by molar-refractivity contribution is 14.1. The summed E-state index contributed by atoms with van der Waals surface area (Å²) in [5.74, 6) is 1.20. The van der Waals surface area contributed by atoms with Crippen LogP contribution in [-0.2, 0) is 4.74 Å². The van der Waals surface area contributed by atoms with E-state index in [1.165, 1.54) is 34.3 Å². The molecule has 2 fully saturated rings. The zero-order valence-corrected chi connectivity index (χ0v) is 17.4. The van der Waals surface area contributed by atoms with E-state index in [1.54, 1.807) is 5.57 Å². The van der Waals surface area contributed by atoms with E-state index >= 15 is 0 Å². The van der Waals surface area contributed by atoms with Gasteiger partial charge < -0.3 is 14.9 Å². The first-order valence-electron chi connectivity index (χ1n) is 9.04. The van der Waals surface area contributed by atoms with Crippen LogP contribution < -0.4 is 0 Å². The molecular weight excluding hydrogens is 415 g/mol. The molecule has 1 N–H and O–H groups in total. The van der Waals surface area contributed by atoms with Crippen LogP contribution in [-0.4, -0.2) is 48.5 Å². The molecule has 4 bridgehead atoms. The lowest BCUT2D eigenvalue weighted by atomic mass is 9.34. The molecular formula is C19H29IN2O2. The van der Waals surface area contributed by atoms with Gasteiger partial charge >= 0.3 is 0 Å². The van der Waals surface area contributed by atoms with Gasteiger partial charge in [0.1, 0.15) is 6.61 Å². The lowest BCUT2D eigenvalue weighted by molar-refractivity contribution is -0.132. The van der Waals surface area contributed by atoms with E-state index in [2.05, 4.69) is 60.4 Å². The van der Waals surface area contributed by atoms with E-state index in [0.717, 1.165) is 19.5 Å². The Balaban J connectivity index is 1.68. The number of rotatable bonds is 5. The first kappa shape index (κ1) is 17.2. The van der Waals surface area contributed by atoms with Crippen molar-refractivity contribution in [1.82, 2.24) is 10.0 Å². The van der Waals surface area contributed by atoms with Crippen LogP contribution in [0.15, 0.2) is 20.6 Å². The van der Waals surface area contributed by atoms with Gasteiger partial charge in [-0.2, -0.15) is 0 Å². The van der Waals surface area contributed by atoms with Gasteiger partial charge in [-0.3, -0.25) is 0 Å². The highest BCUT2D eigenvalue weighted by Gasteiger charge is 2.69. The van der Waals surface area contributed by atoms with Gasteiger partial charge in [0, 0.05) is 34.7 Å². The van der Waals surface area contributed by atoms with E-state index in [9.17, 15) is 5.11 Å². The standard InChI is InChI=1S/C19H29IN2O2/c1-13-14(20)8-21(4)22(13)12-19-10-17(2)7-15(24-6-5-23)16(19)18(3,9-17)11-19/h23H,5-12H2,1-4H3. The number of aliphatic hydroxyl groups excluding tert-OH is 1. The summed E-state index contributed by atoms with van der Waals surface area (Å²) in [6, 6.07) is 0. The minimum absolute atomic E-state index is 0.103. The van der Waals surface area contributed by atoms with E-state index in [0.29, 0.717) is 17.4 Å². The number of fused-ring (bicyclic) bond motifs is 1. The normalized spacial score (nSPS) is 41.3. The minimum atomic E-state index is 0.103. The summed E-state index contributed by atoms with van der Waals surface area (Å²) in [6.07, 6.45) is 4.92. The second-order valence-corrected chi connectivity index (χ2v) is 10.4. The van der Waals surface area contributed by atoms with Crippen molar-refractivity contribution in [2.75, 3.05) is 33.4 Å². The number of ether oxygens (including phenoxy) is 1. The maximum atomic E-state index is 9.20. The Bertz CT molecular complexity index is 645. The molecule has 0 radical (unpaired) electrons. The van der Waals surface area contributed by atoms with Crippen LogP contribution in [0.3, 0.4) is 0 Å². The van der Waals surface area contributed by atoms with Gasteiger partial charge in [-0.05, 0) is 65.2 Å². The number of nitrogens with zero attached hydrogens (tertiary/aromatic N) is 2. The summed E-state index contributed by atoms with van der Waals surface area (Å²) in [4.78, 5) is 0. The molecule has 1 aliphatic heterocycles. The Kier molecular flexibility index (Phi) is 3.84. The molecule has 3 unspecified atom stereocenters. The zero-order valence-electron chi connectivity index (χ0n) is 15.3. The summed E-state index contributed by atoms with van der Waals surface area (Å²) >= 11 is 2.48. The summed E-state index contributed by atoms with van der Waals surface area (Å²) in [5.41, 5.74) is 3.92. The zero-order chi connectivity index (χ0) is 17.3. The topological polar surface area (TPSA) is 35.9 Å². The minimum Gasteiger partial charge on any atom is -0.496 e. The Hall–Kier alpha value is -0.270. The Morgan fingerprint density at radius 2 is 2.00 bits per heavy atom. The molecule has 134 valence electrons. The van der Waals surface area contributed by atoms with Crippen LogP contribution >= 0.6 is 22.6 Å². The maximum absolute atomic E-state index is 9.20. The summed E-state index contributed by atoms with van der Waals surface area (Å²) in [6.45, 7) is 9.77. The Morgan fingerprint density at radius 3 is 2.58 bits per heavy atom. The van der Waals surface area contributed by atoms with Gasteiger partial charge in [0.15, 0.2) is 0 Å². The highest BCUT2D eigenvalue weighted by atomic mass is 127. The molecule has 1 heterocycles. The predicted octanol–water partition coefficient (Wildman–Crippen LogP) is 3.68. The average molecular weight is 444 g/mol. The highest BCUT2D eigenvalue weighted by Crippen LogP contribution is 2.77. The molecule has 0 amide bonds. The summed E-state index contributed by atoms with van der Waals surface area (Å²) < 4.78 is 7.50. The molecule has 5 rings (SSSR count). The third-order valence-electron chi connectivity index (χ3n) is 6.69. The number of halogens is 1. The SMILES string of the molecule is CC1=C(I)CN(C)N1CC12CC3(C)CC(OCCO)=C1C(C)(C3)C2. The van der Waals surface area contributed by atoms with Gasteiger partial charge in [-0.25, -0.2) is 5.01 Å². The first-order valence-corrected chi connectivity index (χ1v) is 10.1. The smallest absolute Gasteiger partial charge is 0.111 e. The molecule has 0 aromatic heterocycles. The molecule has 4 nitrogen and oxygen atoms in total. The van der Waals surface area contributed by atoms with Crippen LogP contribution in [0.25, 0.3) is 0 Å². The summed E-state index contributed by atoms with van der Waals surface area (Å²) in [5, 5.41) is 14.0. The quantitative estimate of drug-likeness (QED) is 0.657. The fourth-order valence-electron chi connectivity index (χ4n) is 6.62. The molecule has 0 aromatic carbocycles. The molecule has 0 spiro atoms. The molecule has 24 heavy (non-hydrogen) atoms. The van der Waals surface area contributed by atoms with Crippen molar-refractivity contribution in [1.29, 1.82) is 0 Å².